The van der Waals surface area contributed by atoms with Crippen molar-refractivity contribution in [1.82, 2.24) is 10.2 Å². The number of halogens is 2. The third kappa shape index (κ3) is 10.0. The molecular weight excluding hydrogens is 621 g/mol. The van der Waals surface area contributed by atoms with Crippen LogP contribution in [0.2, 0.25) is 5.02 Å². The molecule has 0 aromatic heterocycles. The van der Waals surface area contributed by atoms with Crippen LogP contribution < -0.4 is 14.8 Å². The van der Waals surface area contributed by atoms with Gasteiger partial charge in [-0.3, -0.25) is 14.3 Å². The minimum absolute atomic E-state index is 0.0504. The van der Waals surface area contributed by atoms with Gasteiger partial charge in [-0.05, 0) is 71.8 Å². The zero-order valence-corrected chi connectivity index (χ0v) is 26.1. The monoisotopic (exact) mass is 653 g/mol. The van der Waals surface area contributed by atoms with Gasteiger partial charge in [-0.15, -0.1) is 0 Å². The van der Waals surface area contributed by atoms with E-state index in [1.54, 1.807) is 24.3 Å². The predicted octanol–water partition coefficient (Wildman–Crippen LogP) is 5.06. The molecule has 0 spiro atoms. The fourth-order valence-corrected chi connectivity index (χ4v) is 5.59. The number of nitrogens with zero attached hydrogens (tertiary/aromatic N) is 1. The highest BCUT2D eigenvalue weighted by Crippen LogP contribution is 2.21. The Kier molecular flexibility index (Phi) is 11.9. The number of amides is 2. The van der Waals surface area contributed by atoms with E-state index in [2.05, 4.69) is 10.0 Å². The van der Waals surface area contributed by atoms with Gasteiger partial charge in [0.2, 0.25) is 5.91 Å². The van der Waals surface area contributed by atoms with Gasteiger partial charge in [-0.25, -0.2) is 12.8 Å². The van der Waals surface area contributed by atoms with E-state index in [4.69, 9.17) is 21.1 Å². The molecule has 0 fully saturated rings. The number of anilines is 1. The van der Waals surface area contributed by atoms with Crippen molar-refractivity contribution in [3.05, 3.63) is 125 Å². The first-order chi connectivity index (χ1) is 21.6. The molecule has 0 aliphatic rings. The van der Waals surface area contributed by atoms with Crippen LogP contribution in [0, 0.1) is 5.82 Å². The first-order valence-corrected chi connectivity index (χ1v) is 15.9. The predicted molar refractivity (Wildman–Crippen MR) is 170 cm³/mol. The lowest BCUT2D eigenvalue weighted by molar-refractivity contribution is -0.142. The molecule has 1 unspecified atom stereocenters. The fraction of sp³-hybridized carbons (Fsp3) is 0.212. The molecule has 45 heavy (non-hydrogen) atoms. The van der Waals surface area contributed by atoms with Crippen LogP contribution in [0.1, 0.15) is 11.1 Å². The Bertz CT molecular complexity index is 1660. The highest BCUT2D eigenvalue weighted by atomic mass is 35.5. The Morgan fingerprint density at radius 3 is 2.20 bits per heavy atom. The first-order valence-electron chi connectivity index (χ1n) is 14.0. The number of ether oxygens (including phenoxy) is 2. The Labute approximate surface area is 267 Å². The van der Waals surface area contributed by atoms with Gasteiger partial charge in [0, 0.05) is 37.3 Å². The van der Waals surface area contributed by atoms with Crippen molar-refractivity contribution in [2.75, 3.05) is 31.6 Å². The number of hydrogen-bond donors (Lipinski definition) is 2. The molecule has 0 saturated carbocycles. The molecule has 9 nitrogen and oxygen atoms in total. The van der Waals surface area contributed by atoms with Crippen molar-refractivity contribution in [3.63, 3.8) is 0 Å². The van der Waals surface area contributed by atoms with Crippen molar-refractivity contribution >= 4 is 39.1 Å². The molecular formula is C33H33ClFN3O6S. The summed E-state index contributed by atoms with van der Waals surface area (Å²) in [4.78, 5) is 28.6. The van der Waals surface area contributed by atoms with Crippen LogP contribution in [0.15, 0.2) is 108 Å². The third-order valence-electron chi connectivity index (χ3n) is 6.74. The normalized spacial score (nSPS) is 11.8. The maximum Gasteiger partial charge on any atom is 0.261 e. The molecule has 4 aromatic rings. The van der Waals surface area contributed by atoms with Crippen LogP contribution in [0.5, 0.6) is 5.75 Å². The van der Waals surface area contributed by atoms with Crippen LogP contribution in [0.3, 0.4) is 0 Å². The Morgan fingerprint density at radius 2 is 1.56 bits per heavy atom. The van der Waals surface area contributed by atoms with Crippen molar-refractivity contribution in [2.24, 2.45) is 0 Å². The largest absolute Gasteiger partial charge is 0.484 e. The van der Waals surface area contributed by atoms with Crippen molar-refractivity contribution < 1.29 is 31.9 Å². The quantitative estimate of drug-likeness (QED) is 0.173. The minimum Gasteiger partial charge on any atom is -0.484 e. The summed E-state index contributed by atoms with van der Waals surface area (Å²) in [6.45, 7) is 0.277. The molecule has 1 atom stereocenters. The Morgan fingerprint density at radius 1 is 0.889 bits per heavy atom. The second-order valence-electron chi connectivity index (χ2n) is 10.0. The number of nitrogens with one attached hydrogen (secondary N) is 2. The van der Waals surface area contributed by atoms with Crippen LogP contribution >= 0.6 is 11.6 Å². The van der Waals surface area contributed by atoms with Crippen molar-refractivity contribution in [1.29, 1.82) is 0 Å². The van der Waals surface area contributed by atoms with E-state index in [1.807, 2.05) is 30.3 Å². The Balaban J connectivity index is 1.52. The van der Waals surface area contributed by atoms with E-state index < -0.39 is 34.4 Å². The molecule has 0 aliphatic heterocycles. The number of sulfonamides is 1. The SMILES string of the molecule is COCCNC(=O)C(Cc1ccccc1)N(Cc1ccc(Cl)cc1)C(=O)COc1ccc(S(=O)(=O)Nc2ccc(F)cc2)cc1. The highest BCUT2D eigenvalue weighted by molar-refractivity contribution is 7.92. The summed E-state index contributed by atoms with van der Waals surface area (Å²) in [7, 11) is -2.42. The average molecular weight is 654 g/mol. The number of rotatable bonds is 15. The minimum atomic E-state index is -3.95. The maximum absolute atomic E-state index is 13.7. The second-order valence-corrected chi connectivity index (χ2v) is 12.1. The van der Waals surface area contributed by atoms with E-state index in [1.165, 1.54) is 48.4 Å². The van der Waals surface area contributed by atoms with Gasteiger partial charge in [0.25, 0.3) is 15.9 Å². The van der Waals surface area contributed by atoms with Gasteiger partial charge < -0.3 is 19.7 Å². The zero-order valence-electron chi connectivity index (χ0n) is 24.5. The van der Waals surface area contributed by atoms with Crippen LogP contribution in [0.4, 0.5) is 10.1 Å². The smallest absolute Gasteiger partial charge is 0.261 e. The number of methoxy groups -OCH3 is 1. The second kappa shape index (κ2) is 16.0. The van der Waals surface area contributed by atoms with Gasteiger partial charge in [-0.1, -0.05) is 54.1 Å². The van der Waals surface area contributed by atoms with Crippen molar-refractivity contribution in [3.8, 4) is 5.75 Å². The number of carbonyl (C=O) groups is 2. The van der Waals surface area contributed by atoms with E-state index in [9.17, 15) is 22.4 Å². The summed E-state index contributed by atoms with van der Waals surface area (Å²) in [5.41, 5.74) is 1.84. The molecule has 236 valence electrons. The number of benzene rings is 4. The Hall–Kier alpha value is -4.45. The van der Waals surface area contributed by atoms with E-state index in [0.717, 1.165) is 23.3 Å². The van der Waals surface area contributed by atoms with E-state index in [-0.39, 0.29) is 41.7 Å². The van der Waals surface area contributed by atoms with Gasteiger partial charge in [0.1, 0.15) is 17.6 Å². The van der Waals surface area contributed by atoms with Gasteiger partial charge in [0.05, 0.1) is 11.5 Å². The van der Waals surface area contributed by atoms with Crippen LogP contribution in [0.25, 0.3) is 0 Å². The summed E-state index contributed by atoms with van der Waals surface area (Å²) in [5.74, 6) is -1.04. The van der Waals surface area contributed by atoms with Crippen LogP contribution in [-0.2, 0) is 37.3 Å². The molecule has 2 amide bonds. The summed E-state index contributed by atoms with van der Waals surface area (Å²) < 4.78 is 51.9. The molecule has 0 bridgehead atoms. The van der Waals surface area contributed by atoms with Gasteiger partial charge >= 0.3 is 0 Å². The molecule has 4 aromatic carbocycles. The molecule has 0 saturated heterocycles. The third-order valence-corrected chi connectivity index (χ3v) is 8.38. The maximum atomic E-state index is 13.7. The summed E-state index contributed by atoms with van der Waals surface area (Å²) in [5, 5.41) is 3.39. The van der Waals surface area contributed by atoms with Crippen molar-refractivity contribution in [2.45, 2.75) is 23.9 Å². The van der Waals surface area contributed by atoms with E-state index in [0.29, 0.717) is 11.6 Å². The standard InChI is InChI=1S/C33H33ClFN3O6S/c1-43-20-19-36-33(40)31(21-24-5-3-2-4-6-24)38(22-25-7-9-26(34)10-8-25)32(39)23-44-29-15-17-30(18-16-29)45(41,42)37-28-13-11-27(35)12-14-28/h2-18,31,37H,19-23H2,1H3,(H,36,40). The van der Waals surface area contributed by atoms with Crippen LogP contribution in [-0.4, -0.2) is 58.0 Å². The molecule has 2 N–H and O–H groups in total. The lowest BCUT2D eigenvalue weighted by atomic mass is 10.0. The average Bonchev–Trinajstić information content (AvgIpc) is 3.04. The molecule has 0 aliphatic carbocycles. The lowest BCUT2D eigenvalue weighted by Gasteiger charge is -2.31. The van der Waals surface area contributed by atoms with Gasteiger partial charge in [0.15, 0.2) is 6.61 Å². The number of carbonyl (C=O) groups excluding carboxylic acids is 2. The van der Waals surface area contributed by atoms with E-state index >= 15 is 0 Å². The summed E-state index contributed by atoms with van der Waals surface area (Å²) in [6, 6.07) is 25.9. The lowest BCUT2D eigenvalue weighted by Crippen LogP contribution is -2.52. The first kappa shape index (κ1) is 33.4. The molecule has 0 heterocycles. The highest BCUT2D eigenvalue weighted by Gasteiger charge is 2.30. The number of hydrogen-bond acceptors (Lipinski definition) is 6. The van der Waals surface area contributed by atoms with Gasteiger partial charge in [-0.2, -0.15) is 0 Å². The molecule has 12 heteroatoms. The molecule has 4 rings (SSSR count). The molecule has 0 radical (unpaired) electrons. The summed E-state index contributed by atoms with van der Waals surface area (Å²) in [6.07, 6.45) is 0.257. The fourth-order valence-electron chi connectivity index (χ4n) is 4.41. The summed E-state index contributed by atoms with van der Waals surface area (Å²) >= 11 is 6.07. The topological polar surface area (TPSA) is 114 Å². The zero-order chi connectivity index (χ0) is 32.2.